The van der Waals surface area contributed by atoms with E-state index in [1.807, 2.05) is 0 Å². The van der Waals surface area contributed by atoms with Gasteiger partial charge in [0, 0.05) is 75.8 Å². The smallest absolute Gasteiger partial charge is 0.229 e. The van der Waals surface area contributed by atoms with Gasteiger partial charge in [-0.2, -0.15) is 0 Å². The normalized spacial score (nSPS) is 23.9. The Kier molecular flexibility index (Phi) is 9.09. The van der Waals surface area contributed by atoms with E-state index in [1.165, 1.54) is 78.9 Å². The fraction of sp³-hybridized carbons (Fsp3) is 0.143. The Hall–Kier alpha value is -8.84. The van der Waals surface area contributed by atoms with Gasteiger partial charge >= 0.3 is 0 Å². The molecule has 0 bridgehead atoms. The zero-order valence-corrected chi connectivity index (χ0v) is 36.1. The van der Waals surface area contributed by atoms with Crippen LogP contribution >= 0.6 is 0 Å². The molecule has 1 fully saturated rings. The van der Waals surface area contributed by atoms with E-state index >= 15 is 4.79 Å². The third-order valence-electron chi connectivity index (χ3n) is 14.6. The molecule has 13 heteroatoms. The molecule has 5 aliphatic rings. The second-order valence-electron chi connectivity index (χ2n) is 18.3. The predicted molar refractivity (Wildman–Crippen MR) is 247 cm³/mol. The first-order valence-corrected chi connectivity index (χ1v) is 22.3. The number of rotatable bonds is 5. The van der Waals surface area contributed by atoms with Gasteiger partial charge in [0.25, 0.3) is 0 Å². The second kappa shape index (κ2) is 15.1. The molecule has 69 heavy (non-hydrogen) atoms. The van der Waals surface area contributed by atoms with Gasteiger partial charge in [0.05, 0.1) is 11.8 Å². The van der Waals surface area contributed by atoms with Crippen molar-refractivity contribution in [3.63, 3.8) is 0 Å². The predicted octanol–water partition coefficient (Wildman–Crippen LogP) is 9.18. The van der Waals surface area contributed by atoms with Crippen LogP contribution in [-0.4, -0.2) is 57.5 Å². The molecule has 0 unspecified atom stereocenters. The third kappa shape index (κ3) is 6.30. The minimum atomic E-state index is -1.27. The summed E-state index contributed by atoms with van der Waals surface area (Å²) in [5.41, 5.74) is 4.61. The van der Waals surface area contributed by atoms with Crippen molar-refractivity contribution in [2.45, 2.75) is 41.8 Å². The molecule has 0 radical (unpaired) electrons. The Morgan fingerprint density at radius 3 is 1.29 bits per heavy atom. The van der Waals surface area contributed by atoms with E-state index in [9.17, 15) is 50.8 Å². The molecule has 0 amide bonds. The van der Waals surface area contributed by atoms with Crippen molar-refractivity contribution in [3.05, 3.63) is 212 Å². The molecule has 1 saturated heterocycles. The Bertz CT molecular complexity index is 3390. The standard InChI is InChI=1S/C56H40O13/c57-28-9-1-24(2-10-28)43-45-35(17-32(61)20-38(45)64)49-47-37(19-34(63)22-41(47)68-55(49)26-5-13-30(59)14-6-26)48(43)52-44(25-3-11-29(58)12-4-25)46-36(18-33(62)21-39(46)65)50-51-42(23-40(66)54(67)53(51)52)69-56(50)27-7-15-31(60)16-8-27/h1-23,43-44,48-50,52,55-65H/t43-,44+,48+,49+,50+,52-,55-,56-/m0/s1. The van der Waals surface area contributed by atoms with Crippen LogP contribution in [0.1, 0.15) is 97.4 Å². The Balaban J connectivity index is 1.26. The van der Waals surface area contributed by atoms with Crippen LogP contribution in [-0.2, 0) is 14.3 Å². The maximum atomic E-state index is 15.5. The molecule has 7 aromatic rings. The fourth-order valence-electron chi connectivity index (χ4n) is 12.0. The van der Waals surface area contributed by atoms with Crippen LogP contribution in [0.2, 0.25) is 0 Å². The van der Waals surface area contributed by atoms with Crippen molar-refractivity contribution in [2.75, 3.05) is 0 Å². The van der Waals surface area contributed by atoms with Gasteiger partial charge in [-0.15, -0.1) is 0 Å². The lowest BCUT2D eigenvalue weighted by atomic mass is 9.61. The molecule has 13 nitrogen and oxygen atoms in total. The first-order valence-electron chi connectivity index (χ1n) is 22.3. The lowest BCUT2D eigenvalue weighted by molar-refractivity contribution is -0.132. The molecule has 0 saturated carbocycles. The van der Waals surface area contributed by atoms with Crippen molar-refractivity contribution in [1.82, 2.24) is 0 Å². The highest BCUT2D eigenvalue weighted by Crippen LogP contribution is 2.68. The number of allylic oxidation sites excluding steroid dienone is 3. The summed E-state index contributed by atoms with van der Waals surface area (Å²) in [7, 11) is 0. The van der Waals surface area contributed by atoms with Crippen molar-refractivity contribution < 1.29 is 65.0 Å². The summed E-state index contributed by atoms with van der Waals surface area (Å²) < 4.78 is 13.5. The third-order valence-corrected chi connectivity index (χ3v) is 14.6. The van der Waals surface area contributed by atoms with E-state index in [1.54, 1.807) is 54.6 Å². The van der Waals surface area contributed by atoms with Crippen LogP contribution in [0.15, 0.2) is 156 Å². The van der Waals surface area contributed by atoms with E-state index in [2.05, 4.69) is 0 Å². The number of Topliss-reactive ketones (excluding diaryl/α,β-unsaturated/α-hetero) is 1. The second-order valence-corrected chi connectivity index (χ2v) is 18.3. The summed E-state index contributed by atoms with van der Waals surface area (Å²) >= 11 is 0. The van der Waals surface area contributed by atoms with Gasteiger partial charge < -0.3 is 55.4 Å². The van der Waals surface area contributed by atoms with Gasteiger partial charge in [0.1, 0.15) is 75.5 Å². The number of carbonyl (C=O) groups is 2. The minimum absolute atomic E-state index is 0.00131. The van der Waals surface area contributed by atoms with E-state index < -0.39 is 59.3 Å². The van der Waals surface area contributed by atoms with Crippen LogP contribution in [0.3, 0.4) is 0 Å². The van der Waals surface area contributed by atoms with E-state index in [4.69, 9.17) is 9.47 Å². The lowest BCUT2D eigenvalue weighted by Gasteiger charge is -2.41. The first-order chi connectivity index (χ1) is 33.2. The molecule has 0 spiro atoms. The number of hydrogen-bond donors (Lipinski definition) is 9. The number of phenolic OH excluding ortho intramolecular Hbond substituents is 9. The van der Waals surface area contributed by atoms with Crippen LogP contribution in [0.5, 0.6) is 57.5 Å². The maximum Gasteiger partial charge on any atom is 0.229 e. The molecule has 2 aliphatic heterocycles. The maximum absolute atomic E-state index is 15.5. The zero-order chi connectivity index (χ0) is 47.7. The van der Waals surface area contributed by atoms with Crippen molar-refractivity contribution in [1.29, 1.82) is 0 Å². The number of fused-ring (bicyclic) bond motifs is 4. The summed E-state index contributed by atoms with van der Waals surface area (Å²) in [5, 5.41) is 102. The van der Waals surface area contributed by atoms with Gasteiger partial charge in [0.2, 0.25) is 11.6 Å². The number of benzene rings is 7. The summed E-state index contributed by atoms with van der Waals surface area (Å²) in [4.78, 5) is 30.0. The Morgan fingerprint density at radius 2 is 0.783 bits per heavy atom. The topological polar surface area (TPSA) is 235 Å². The van der Waals surface area contributed by atoms with Crippen molar-refractivity contribution >= 4 is 11.6 Å². The first kappa shape index (κ1) is 41.6. The summed E-state index contributed by atoms with van der Waals surface area (Å²) in [6.07, 6.45) is -0.729. The highest BCUT2D eigenvalue weighted by Gasteiger charge is 2.58. The van der Waals surface area contributed by atoms with Crippen LogP contribution in [0.4, 0.5) is 0 Å². The van der Waals surface area contributed by atoms with E-state index in [0.29, 0.717) is 50.1 Å². The molecule has 12 rings (SSSR count). The Morgan fingerprint density at radius 1 is 0.362 bits per heavy atom. The molecular weight excluding hydrogens is 881 g/mol. The van der Waals surface area contributed by atoms with Gasteiger partial charge in [-0.3, -0.25) is 9.59 Å². The van der Waals surface area contributed by atoms with Crippen molar-refractivity contribution in [3.8, 4) is 57.5 Å². The van der Waals surface area contributed by atoms with E-state index in [0.717, 1.165) is 6.08 Å². The molecule has 342 valence electrons. The summed E-state index contributed by atoms with van der Waals surface area (Å²) in [5.74, 6) is -9.66. The minimum Gasteiger partial charge on any atom is -0.508 e. The largest absolute Gasteiger partial charge is 0.508 e. The average molecular weight is 921 g/mol. The SMILES string of the molecule is O=C1C=C2O[C@@H](c3ccc(O)cc3)[C@H]3C2=C(C1=O)[C@H]([C@@H]1c2cc(O)cc4c2[C@@H](c2cc(O)cc(O)c2[C@@H]1c1ccc(O)cc1)[C@H](c1ccc(O)cc1)O4)[C@H](c1ccc(O)cc1)c1c(O)cc(O)cc13. The van der Waals surface area contributed by atoms with Crippen LogP contribution < -0.4 is 4.74 Å². The molecule has 7 aromatic carbocycles. The van der Waals surface area contributed by atoms with Crippen molar-refractivity contribution in [2.24, 2.45) is 5.92 Å². The Labute approximate surface area is 392 Å². The molecule has 2 heterocycles. The van der Waals surface area contributed by atoms with Gasteiger partial charge in [-0.05, 0) is 106 Å². The molecule has 8 atom stereocenters. The van der Waals surface area contributed by atoms with Gasteiger partial charge in [-0.1, -0.05) is 48.5 Å². The summed E-state index contributed by atoms with van der Waals surface area (Å²) in [6, 6.07) is 33.6. The van der Waals surface area contributed by atoms with E-state index in [-0.39, 0.29) is 80.0 Å². The number of aromatic hydroxyl groups is 9. The lowest BCUT2D eigenvalue weighted by Crippen LogP contribution is -2.35. The number of hydrogen-bond acceptors (Lipinski definition) is 13. The number of ether oxygens (including phenoxy) is 2. The van der Waals surface area contributed by atoms with Crippen LogP contribution in [0, 0.1) is 5.92 Å². The zero-order valence-electron chi connectivity index (χ0n) is 36.1. The monoisotopic (exact) mass is 920 g/mol. The quantitative estimate of drug-likeness (QED) is 0.0579. The van der Waals surface area contributed by atoms with Gasteiger partial charge in [-0.25, -0.2) is 0 Å². The highest BCUT2D eigenvalue weighted by molar-refractivity contribution is 6.49. The fourth-order valence-corrected chi connectivity index (χ4v) is 12.0. The average Bonchev–Trinajstić information content (AvgIpc) is 3.81. The number of carbonyl (C=O) groups excluding carboxylic acids is 2. The number of ketones is 2. The summed E-state index contributed by atoms with van der Waals surface area (Å²) in [6.45, 7) is 0. The molecular formula is C56H40O13. The van der Waals surface area contributed by atoms with Gasteiger partial charge in [0.15, 0.2) is 0 Å². The van der Waals surface area contributed by atoms with Crippen LogP contribution in [0.25, 0.3) is 0 Å². The molecule has 3 aliphatic carbocycles. The highest BCUT2D eigenvalue weighted by atomic mass is 16.5. The molecule has 0 aromatic heterocycles. The number of phenols is 9. The molecule has 9 N–H and O–H groups in total.